The quantitative estimate of drug-likeness (QED) is 0.429. The Morgan fingerprint density at radius 1 is 0.944 bits per heavy atom. The number of nitrogens with zero attached hydrogens (tertiary/aromatic N) is 2. The minimum atomic E-state index is -4.16. The van der Waals surface area contributed by atoms with E-state index in [-0.39, 0.29) is 39.9 Å². The fourth-order valence-corrected chi connectivity index (χ4v) is 7.81. The van der Waals surface area contributed by atoms with E-state index in [9.17, 15) is 13.2 Å². The fourth-order valence-electron chi connectivity index (χ4n) is 4.88. The first-order valence-corrected chi connectivity index (χ1v) is 14.6. The number of halogens is 3. The van der Waals surface area contributed by atoms with Crippen LogP contribution in [-0.2, 0) is 27.8 Å². The highest BCUT2D eigenvalue weighted by atomic mass is 79.9. The maximum Gasteiger partial charge on any atom is 0.247 e. The predicted octanol–water partition coefficient (Wildman–Crippen LogP) is 5.27. The van der Waals surface area contributed by atoms with Gasteiger partial charge in [-0.2, -0.15) is 4.31 Å². The summed E-state index contributed by atoms with van der Waals surface area (Å²) in [4.78, 5) is 15.6. The van der Waals surface area contributed by atoms with Crippen molar-refractivity contribution >= 4 is 60.7 Å². The summed E-state index contributed by atoms with van der Waals surface area (Å²) in [5.41, 5.74) is 2.90. The zero-order valence-electron chi connectivity index (χ0n) is 19.2. The number of amides is 1. The first-order valence-electron chi connectivity index (χ1n) is 11.6. The molecule has 188 valence electrons. The third-order valence-electron chi connectivity index (χ3n) is 6.72. The van der Waals surface area contributed by atoms with Gasteiger partial charge in [0.25, 0.3) is 0 Å². The second kappa shape index (κ2) is 10.3. The minimum absolute atomic E-state index is 0.0291. The van der Waals surface area contributed by atoms with Crippen molar-refractivity contribution < 1.29 is 13.2 Å². The van der Waals surface area contributed by atoms with E-state index in [0.717, 1.165) is 34.3 Å². The molecule has 2 unspecified atom stereocenters. The van der Waals surface area contributed by atoms with Crippen molar-refractivity contribution in [2.45, 2.75) is 36.4 Å². The van der Waals surface area contributed by atoms with Crippen molar-refractivity contribution in [3.63, 3.8) is 0 Å². The van der Waals surface area contributed by atoms with Crippen LogP contribution in [0.5, 0.6) is 0 Å². The molecule has 3 aromatic carbocycles. The van der Waals surface area contributed by atoms with Crippen LogP contribution in [0.25, 0.3) is 0 Å². The molecule has 0 radical (unpaired) electrons. The Morgan fingerprint density at radius 3 is 2.31 bits per heavy atom. The topological polar surface area (TPSA) is 69.7 Å². The van der Waals surface area contributed by atoms with Gasteiger partial charge in [0.15, 0.2) is 0 Å². The molecule has 6 nitrogen and oxygen atoms in total. The second-order valence-corrected chi connectivity index (χ2v) is 12.6. The van der Waals surface area contributed by atoms with E-state index in [2.05, 4.69) is 26.1 Å². The number of hydrogen-bond acceptors (Lipinski definition) is 4. The number of carbonyl (C=O) groups is 1. The minimum Gasteiger partial charge on any atom is -0.369 e. The lowest BCUT2D eigenvalue weighted by Crippen LogP contribution is -2.54. The van der Waals surface area contributed by atoms with Crippen LogP contribution in [-0.4, -0.2) is 43.8 Å². The molecule has 2 aliphatic rings. The molecule has 1 N–H and O–H groups in total. The van der Waals surface area contributed by atoms with Gasteiger partial charge >= 0.3 is 0 Å². The number of anilines is 1. The van der Waals surface area contributed by atoms with Gasteiger partial charge in [-0.25, -0.2) is 8.42 Å². The van der Waals surface area contributed by atoms with Crippen LogP contribution in [0.2, 0.25) is 10.0 Å². The van der Waals surface area contributed by atoms with Gasteiger partial charge in [-0.15, -0.1) is 0 Å². The Hall–Kier alpha value is -2.10. The van der Waals surface area contributed by atoms with Gasteiger partial charge in [-0.05, 0) is 60.4 Å². The summed E-state index contributed by atoms with van der Waals surface area (Å²) < 4.78 is 29.9. The maximum atomic E-state index is 13.8. The van der Waals surface area contributed by atoms with Gasteiger partial charge in [0.05, 0.1) is 10.0 Å². The summed E-state index contributed by atoms with van der Waals surface area (Å²) in [5, 5.41) is 3.17. The molecule has 0 bridgehead atoms. The lowest BCUT2D eigenvalue weighted by atomic mass is 9.95. The Balaban J connectivity index is 1.41. The lowest BCUT2D eigenvalue weighted by Gasteiger charge is -2.36. The molecule has 2 atom stereocenters. The van der Waals surface area contributed by atoms with Gasteiger partial charge in [0.2, 0.25) is 15.9 Å². The molecule has 0 spiro atoms. The van der Waals surface area contributed by atoms with Gasteiger partial charge in [0, 0.05) is 35.8 Å². The second-order valence-electron chi connectivity index (χ2n) is 9.01. The largest absolute Gasteiger partial charge is 0.369 e. The number of hydrogen-bond donors (Lipinski definition) is 1. The average Bonchev–Trinajstić information content (AvgIpc) is 3.31. The fraction of sp³-hybridized carbons (Fsp3) is 0.269. The molecule has 36 heavy (non-hydrogen) atoms. The molecule has 1 amide bonds. The molecule has 2 aliphatic heterocycles. The van der Waals surface area contributed by atoms with Crippen molar-refractivity contribution in [2.75, 3.05) is 18.0 Å². The van der Waals surface area contributed by atoms with Gasteiger partial charge in [-0.3, -0.25) is 4.79 Å². The standard InChI is InChI=1S/C26H24BrCl2N3O3S/c27-19-8-10-21(11-9-19)31-13-12-20(16-31)30-26(33)24-14-17-4-1-2-5-18(17)15-32(24)36(34,35)25-22(28)6-3-7-23(25)29/h1-11,20,24H,12-16H2,(H,30,33). The van der Waals surface area contributed by atoms with Crippen molar-refractivity contribution in [3.05, 3.63) is 92.4 Å². The van der Waals surface area contributed by atoms with Crippen LogP contribution in [0, 0.1) is 0 Å². The van der Waals surface area contributed by atoms with E-state index in [1.54, 1.807) is 6.07 Å². The first kappa shape index (κ1) is 25.5. The summed E-state index contributed by atoms with van der Waals surface area (Å²) in [7, 11) is -4.16. The highest BCUT2D eigenvalue weighted by molar-refractivity contribution is 9.10. The van der Waals surface area contributed by atoms with E-state index in [1.165, 1.54) is 16.4 Å². The highest BCUT2D eigenvalue weighted by Crippen LogP contribution is 2.36. The number of benzene rings is 3. The van der Waals surface area contributed by atoms with Crippen molar-refractivity contribution in [1.82, 2.24) is 9.62 Å². The smallest absolute Gasteiger partial charge is 0.247 e. The number of sulfonamides is 1. The van der Waals surface area contributed by atoms with Crippen LogP contribution in [0.1, 0.15) is 17.5 Å². The third-order valence-corrected chi connectivity index (χ3v) is 10.1. The first-order chi connectivity index (χ1) is 17.2. The SMILES string of the molecule is O=C(NC1CCN(c2ccc(Br)cc2)C1)C1Cc2ccccc2CN1S(=O)(=O)c1c(Cl)cccc1Cl. The monoisotopic (exact) mass is 607 g/mol. The van der Waals surface area contributed by atoms with Crippen LogP contribution < -0.4 is 10.2 Å². The average molecular weight is 609 g/mol. The lowest BCUT2D eigenvalue weighted by molar-refractivity contribution is -0.125. The number of nitrogens with one attached hydrogen (secondary N) is 1. The highest BCUT2D eigenvalue weighted by Gasteiger charge is 2.42. The third kappa shape index (κ3) is 5.02. The predicted molar refractivity (Wildman–Crippen MR) is 146 cm³/mol. The van der Waals surface area contributed by atoms with E-state index >= 15 is 0 Å². The molecule has 1 fully saturated rings. The number of rotatable bonds is 5. The van der Waals surface area contributed by atoms with E-state index in [0.29, 0.717) is 6.54 Å². The normalized spacial score (nSPS) is 20.2. The van der Waals surface area contributed by atoms with Gasteiger partial charge < -0.3 is 10.2 Å². The molecular weight excluding hydrogens is 585 g/mol. The summed E-state index contributed by atoms with van der Waals surface area (Å²) in [5.74, 6) is -0.320. The summed E-state index contributed by atoms with van der Waals surface area (Å²) >= 11 is 16.0. The molecule has 0 aromatic heterocycles. The number of fused-ring (bicyclic) bond motifs is 1. The molecular formula is C26H24BrCl2N3O3S. The summed E-state index contributed by atoms with van der Waals surface area (Å²) in [6.45, 7) is 1.52. The molecule has 10 heteroatoms. The zero-order valence-corrected chi connectivity index (χ0v) is 23.1. The Morgan fingerprint density at radius 2 is 1.61 bits per heavy atom. The summed E-state index contributed by atoms with van der Waals surface area (Å²) in [6, 6.07) is 19.2. The van der Waals surface area contributed by atoms with Crippen LogP contribution >= 0.6 is 39.1 Å². The summed E-state index contributed by atoms with van der Waals surface area (Å²) in [6.07, 6.45) is 1.04. The zero-order chi connectivity index (χ0) is 25.4. The Bertz CT molecular complexity index is 1380. The van der Waals surface area contributed by atoms with Gasteiger partial charge in [-0.1, -0.05) is 69.5 Å². The Kier molecular flexibility index (Phi) is 7.34. The molecule has 5 rings (SSSR count). The van der Waals surface area contributed by atoms with Crippen molar-refractivity contribution in [1.29, 1.82) is 0 Å². The molecule has 1 saturated heterocycles. The molecule has 3 aromatic rings. The van der Waals surface area contributed by atoms with E-state index in [1.807, 2.05) is 48.5 Å². The Labute approximate surface area is 229 Å². The van der Waals surface area contributed by atoms with Crippen molar-refractivity contribution in [3.8, 4) is 0 Å². The molecule has 0 aliphatic carbocycles. The van der Waals surface area contributed by atoms with Crippen molar-refractivity contribution in [2.24, 2.45) is 0 Å². The van der Waals surface area contributed by atoms with E-state index < -0.39 is 16.1 Å². The molecule has 0 saturated carbocycles. The number of carbonyl (C=O) groups excluding carboxylic acids is 1. The van der Waals surface area contributed by atoms with Crippen LogP contribution in [0.4, 0.5) is 5.69 Å². The molecule has 2 heterocycles. The van der Waals surface area contributed by atoms with Crippen LogP contribution in [0.3, 0.4) is 0 Å². The maximum absolute atomic E-state index is 13.8. The van der Waals surface area contributed by atoms with Crippen LogP contribution in [0.15, 0.2) is 76.1 Å². The van der Waals surface area contributed by atoms with Gasteiger partial charge in [0.1, 0.15) is 10.9 Å². The van der Waals surface area contributed by atoms with E-state index in [4.69, 9.17) is 23.2 Å².